The van der Waals surface area contributed by atoms with Gasteiger partial charge in [-0.15, -0.1) is 5.01 Å². The highest BCUT2D eigenvalue weighted by Gasteiger charge is 2.39. The van der Waals surface area contributed by atoms with E-state index >= 15 is 0 Å². The lowest BCUT2D eigenvalue weighted by Gasteiger charge is -2.20. The molecular weight excluding hydrogens is 342 g/mol. The first-order valence-electron chi connectivity index (χ1n) is 10.3. The van der Waals surface area contributed by atoms with E-state index in [9.17, 15) is 0 Å². The van der Waals surface area contributed by atoms with E-state index in [1.165, 1.54) is 27.9 Å². The molecule has 0 amide bonds. The molecule has 0 spiro atoms. The summed E-state index contributed by atoms with van der Waals surface area (Å²) in [4.78, 5) is 0. The zero-order valence-corrected chi connectivity index (χ0v) is 18.6. The van der Waals surface area contributed by atoms with E-state index < -0.39 is 0 Å². The van der Waals surface area contributed by atoms with Crippen molar-refractivity contribution in [1.29, 1.82) is 0 Å². The molecule has 1 atom stereocenters. The average molecular weight is 377 g/mol. The minimum atomic E-state index is 0.0225. The number of anilines is 1. The van der Waals surface area contributed by atoms with Gasteiger partial charge in [0.2, 0.25) is 0 Å². The number of likely N-dealkylation sites (N-methyl/N-ethyl adjacent to an activating group) is 1. The molecule has 2 aromatic rings. The van der Waals surface area contributed by atoms with Crippen LogP contribution < -0.4 is 5.01 Å². The maximum absolute atomic E-state index is 4.83. The van der Waals surface area contributed by atoms with Crippen LogP contribution in [0.15, 0.2) is 47.7 Å². The van der Waals surface area contributed by atoms with Crippen molar-refractivity contribution >= 4 is 5.69 Å². The molecule has 148 valence electrons. The van der Waals surface area contributed by atoms with Crippen LogP contribution in [0.5, 0.6) is 0 Å². The Kier molecular flexibility index (Phi) is 5.65. The highest BCUT2D eigenvalue weighted by atomic mass is 15.6. The van der Waals surface area contributed by atoms with Gasteiger partial charge in [0.05, 0.1) is 12.3 Å². The van der Waals surface area contributed by atoms with Crippen molar-refractivity contribution in [2.75, 3.05) is 12.1 Å². The third kappa shape index (κ3) is 3.99. The van der Waals surface area contributed by atoms with Crippen LogP contribution in [0, 0.1) is 6.54 Å². The zero-order chi connectivity index (χ0) is 20.6. The van der Waals surface area contributed by atoms with Crippen molar-refractivity contribution in [3.63, 3.8) is 0 Å². The lowest BCUT2D eigenvalue weighted by Crippen LogP contribution is -2.16. The van der Waals surface area contributed by atoms with Crippen molar-refractivity contribution in [1.82, 2.24) is 0 Å². The van der Waals surface area contributed by atoms with E-state index in [2.05, 4.69) is 97.5 Å². The van der Waals surface area contributed by atoms with Crippen molar-refractivity contribution < 1.29 is 4.70 Å². The molecule has 0 fully saturated rings. The fraction of sp³-hybridized carbons (Fsp3) is 0.480. The Bertz CT molecular complexity index is 828. The van der Waals surface area contributed by atoms with Gasteiger partial charge < -0.3 is 0 Å². The second kappa shape index (κ2) is 7.69. The summed E-state index contributed by atoms with van der Waals surface area (Å²) in [5.74, 6) is 0.863. The summed E-state index contributed by atoms with van der Waals surface area (Å²) in [5.41, 5.74) is 6.55. The summed E-state index contributed by atoms with van der Waals surface area (Å²) in [5, 5.41) is 6.81. The maximum atomic E-state index is 4.83. The molecular formula is C25H34N3+. The van der Waals surface area contributed by atoms with Crippen LogP contribution in [-0.4, -0.2) is 11.7 Å². The summed E-state index contributed by atoms with van der Waals surface area (Å²) in [6.07, 6.45) is 0. The Morgan fingerprint density at radius 3 is 1.93 bits per heavy atom. The van der Waals surface area contributed by atoms with Crippen molar-refractivity contribution in [2.24, 2.45) is 5.22 Å². The Morgan fingerprint density at radius 1 is 0.929 bits per heavy atom. The van der Waals surface area contributed by atoms with Gasteiger partial charge in [0.1, 0.15) is 0 Å². The van der Waals surface area contributed by atoms with Gasteiger partial charge in [0.25, 0.3) is 6.54 Å². The van der Waals surface area contributed by atoms with Crippen LogP contribution in [0.25, 0.3) is 0 Å². The van der Waals surface area contributed by atoms with Gasteiger partial charge in [0.15, 0.2) is 11.7 Å². The molecule has 0 aromatic heterocycles. The molecule has 3 nitrogen and oxygen atoms in total. The molecule has 0 N–H and O–H groups in total. The highest BCUT2D eigenvalue weighted by Crippen LogP contribution is 2.40. The fourth-order valence-electron chi connectivity index (χ4n) is 3.74. The molecule has 1 heterocycles. The Morgan fingerprint density at radius 2 is 1.46 bits per heavy atom. The van der Waals surface area contributed by atoms with E-state index in [0.717, 1.165) is 0 Å². The molecule has 3 rings (SSSR count). The third-order valence-electron chi connectivity index (χ3n) is 5.50. The van der Waals surface area contributed by atoms with Crippen LogP contribution in [0.1, 0.15) is 88.6 Å². The molecule has 1 aliphatic heterocycles. The first-order chi connectivity index (χ1) is 13.1. The summed E-state index contributed by atoms with van der Waals surface area (Å²) in [7, 11) is 2.03. The van der Waals surface area contributed by atoms with E-state index in [1.807, 2.05) is 16.8 Å². The molecule has 28 heavy (non-hydrogen) atoms. The molecule has 0 aliphatic carbocycles. The van der Waals surface area contributed by atoms with Crippen molar-refractivity contribution in [3.05, 3.63) is 71.3 Å². The first kappa shape index (κ1) is 20.6. The van der Waals surface area contributed by atoms with Crippen LogP contribution in [0.4, 0.5) is 5.69 Å². The topological polar surface area (TPSA) is 18.6 Å². The molecule has 1 unspecified atom stereocenters. The minimum absolute atomic E-state index is 0.0225. The lowest BCUT2D eigenvalue weighted by atomic mass is 9.86. The van der Waals surface area contributed by atoms with E-state index in [1.54, 1.807) is 0 Å². The second-order valence-electron chi connectivity index (χ2n) is 9.47. The highest BCUT2D eigenvalue weighted by molar-refractivity contribution is 5.63. The largest absolute Gasteiger partial charge is 0.288 e. The van der Waals surface area contributed by atoms with Crippen LogP contribution in [-0.2, 0) is 5.41 Å². The number of hydrogen-bond donors (Lipinski definition) is 0. The summed E-state index contributed by atoms with van der Waals surface area (Å²) >= 11 is 0. The van der Waals surface area contributed by atoms with Crippen LogP contribution >= 0.6 is 0 Å². The molecule has 0 saturated heterocycles. The number of hydrogen-bond acceptors (Lipinski definition) is 2. The Hall–Kier alpha value is -2.16. The summed E-state index contributed by atoms with van der Waals surface area (Å²) in [6.45, 7) is 19.3. The van der Waals surface area contributed by atoms with Gasteiger partial charge in [-0.3, -0.25) is 0 Å². The van der Waals surface area contributed by atoms with Crippen molar-refractivity contribution in [2.45, 2.75) is 71.8 Å². The SMILES string of the molecule is CC(C)c1cccc(C(C)C)c1N1[C]C(c2ccc(C(C)(C)C)cc2)[N+](C)=N1. The van der Waals surface area contributed by atoms with Gasteiger partial charge in [-0.25, -0.2) is 0 Å². The van der Waals surface area contributed by atoms with Gasteiger partial charge in [0, 0.05) is 16.7 Å². The van der Waals surface area contributed by atoms with Gasteiger partial charge in [-0.2, -0.15) is 4.70 Å². The molecule has 1 aliphatic rings. The first-order valence-corrected chi connectivity index (χ1v) is 10.3. The average Bonchev–Trinajstić information content (AvgIpc) is 3.01. The summed E-state index contributed by atoms with van der Waals surface area (Å²) < 4.78 is 2.01. The van der Waals surface area contributed by atoms with Gasteiger partial charge in [-0.05, 0) is 22.8 Å². The van der Waals surface area contributed by atoms with Crippen molar-refractivity contribution in [3.8, 4) is 0 Å². The zero-order valence-electron chi connectivity index (χ0n) is 18.6. The molecule has 2 radical (unpaired) electrons. The molecule has 3 heteroatoms. The normalized spacial score (nSPS) is 17.6. The molecule has 0 bridgehead atoms. The predicted octanol–water partition coefficient (Wildman–Crippen LogP) is 6.84. The number of rotatable bonds is 4. The lowest BCUT2D eigenvalue weighted by molar-refractivity contribution is -0.589. The third-order valence-corrected chi connectivity index (χ3v) is 5.50. The molecule has 2 aromatic carbocycles. The molecule has 0 saturated carbocycles. The summed E-state index contributed by atoms with van der Waals surface area (Å²) in [6, 6.07) is 15.5. The smallest absolute Gasteiger partial charge is 0.159 e. The number of para-hydroxylation sites is 1. The number of nitrogens with zero attached hydrogens (tertiary/aromatic N) is 3. The van der Waals surface area contributed by atoms with E-state index in [0.29, 0.717) is 11.8 Å². The van der Waals surface area contributed by atoms with E-state index in [-0.39, 0.29) is 11.5 Å². The number of benzene rings is 2. The predicted molar refractivity (Wildman–Crippen MR) is 117 cm³/mol. The monoisotopic (exact) mass is 376 g/mol. The standard InChI is InChI=1S/C25H34N3/c1-17(2)21-10-9-11-22(18(3)4)24(21)28-16-23(27(8)26-28)19-12-14-20(15-13-19)25(5,6)7/h9-15,17-18,23H,1-8H3/q+1. The van der Waals surface area contributed by atoms with Gasteiger partial charge >= 0.3 is 0 Å². The second-order valence-corrected chi connectivity index (χ2v) is 9.47. The quantitative estimate of drug-likeness (QED) is 0.534. The Balaban J connectivity index is 1.95. The van der Waals surface area contributed by atoms with Crippen LogP contribution in [0.2, 0.25) is 0 Å². The van der Waals surface area contributed by atoms with Gasteiger partial charge in [-0.1, -0.05) is 90.9 Å². The Labute approximate surface area is 171 Å². The van der Waals surface area contributed by atoms with E-state index in [4.69, 9.17) is 5.22 Å². The van der Waals surface area contributed by atoms with Crippen LogP contribution in [0.3, 0.4) is 0 Å². The maximum Gasteiger partial charge on any atom is 0.288 e. The fourth-order valence-corrected chi connectivity index (χ4v) is 3.74. The minimum Gasteiger partial charge on any atom is -0.159 e.